The van der Waals surface area contributed by atoms with Gasteiger partial charge in [0.05, 0.1) is 5.39 Å². The van der Waals surface area contributed by atoms with Crippen molar-refractivity contribution in [2.45, 2.75) is 49.7 Å². The fourth-order valence-corrected chi connectivity index (χ4v) is 4.54. The van der Waals surface area contributed by atoms with Gasteiger partial charge in [0, 0.05) is 24.4 Å². The molecule has 2 heterocycles. The van der Waals surface area contributed by atoms with E-state index in [1.165, 1.54) is 25.7 Å². The number of aromatic amines is 1. The highest BCUT2D eigenvalue weighted by Gasteiger charge is 2.23. The van der Waals surface area contributed by atoms with Crippen LogP contribution in [0.3, 0.4) is 0 Å². The summed E-state index contributed by atoms with van der Waals surface area (Å²) < 4.78 is 2.29. The van der Waals surface area contributed by atoms with Gasteiger partial charge in [0.1, 0.15) is 5.82 Å². The molecule has 2 N–H and O–H groups in total. The molecule has 2 aromatic heterocycles. The monoisotopic (exact) mass is 412 g/mol. The van der Waals surface area contributed by atoms with Gasteiger partial charge in [0.25, 0.3) is 11.5 Å². The smallest absolute Gasteiger partial charge is 0.272 e. The summed E-state index contributed by atoms with van der Waals surface area (Å²) in [6.07, 6.45) is 8.41. The number of hydrogen-bond donors (Lipinski definition) is 2. The van der Waals surface area contributed by atoms with Gasteiger partial charge >= 0.3 is 0 Å². The Morgan fingerprint density at radius 3 is 2.76 bits per heavy atom. The molecule has 9 heteroatoms. The lowest BCUT2D eigenvalue weighted by atomic mass is 10.1. The normalized spacial score (nSPS) is 14.5. The molecule has 1 aliphatic carbocycles. The summed E-state index contributed by atoms with van der Waals surface area (Å²) in [6, 6.07) is 7.47. The highest BCUT2D eigenvalue weighted by molar-refractivity contribution is 7.98. The number of aromatic nitrogens is 5. The molecule has 3 aromatic rings. The van der Waals surface area contributed by atoms with Crippen molar-refractivity contribution in [1.82, 2.24) is 30.3 Å². The maximum absolute atomic E-state index is 12.6. The Morgan fingerprint density at radius 1 is 1.24 bits per heavy atom. The van der Waals surface area contributed by atoms with Crippen LogP contribution in [-0.2, 0) is 6.42 Å². The minimum atomic E-state index is -0.298. The molecule has 1 aromatic carbocycles. The zero-order chi connectivity index (χ0) is 20.2. The summed E-state index contributed by atoms with van der Waals surface area (Å²) >= 11 is 1.63. The van der Waals surface area contributed by atoms with Crippen LogP contribution < -0.4 is 10.9 Å². The van der Waals surface area contributed by atoms with Gasteiger partial charge < -0.3 is 9.88 Å². The summed E-state index contributed by atoms with van der Waals surface area (Å²) in [4.78, 5) is 24.4. The number of amides is 1. The van der Waals surface area contributed by atoms with Gasteiger partial charge in [-0.15, -0.1) is 10.2 Å². The van der Waals surface area contributed by atoms with Gasteiger partial charge in [-0.25, -0.2) is 5.10 Å². The van der Waals surface area contributed by atoms with Crippen LogP contribution in [0.4, 0.5) is 0 Å². The Bertz CT molecular complexity index is 1070. The van der Waals surface area contributed by atoms with Crippen LogP contribution in [0, 0.1) is 0 Å². The predicted octanol–water partition coefficient (Wildman–Crippen LogP) is 2.71. The number of carbonyl (C=O) groups excluding carboxylic acids is 1. The number of benzene rings is 1. The minimum Gasteiger partial charge on any atom is -0.351 e. The van der Waals surface area contributed by atoms with Crippen LogP contribution >= 0.6 is 11.8 Å². The maximum atomic E-state index is 12.6. The third-order valence-corrected chi connectivity index (χ3v) is 6.02. The quantitative estimate of drug-likeness (QED) is 0.457. The molecule has 0 aliphatic heterocycles. The molecular formula is C20H24N6O2S. The van der Waals surface area contributed by atoms with Crippen LogP contribution in [0.2, 0.25) is 0 Å². The fourth-order valence-electron chi connectivity index (χ4n) is 3.97. The van der Waals surface area contributed by atoms with Gasteiger partial charge in [-0.1, -0.05) is 42.8 Å². The number of thioether (sulfide) groups is 1. The lowest BCUT2D eigenvalue weighted by Crippen LogP contribution is -2.27. The molecule has 29 heavy (non-hydrogen) atoms. The van der Waals surface area contributed by atoms with E-state index in [1.54, 1.807) is 36.0 Å². The number of fused-ring (bicyclic) bond motifs is 1. The van der Waals surface area contributed by atoms with Crippen LogP contribution in [0.25, 0.3) is 10.8 Å². The zero-order valence-corrected chi connectivity index (χ0v) is 17.2. The molecule has 1 amide bonds. The van der Waals surface area contributed by atoms with E-state index in [9.17, 15) is 9.59 Å². The average molecular weight is 413 g/mol. The number of aryl methyl sites for hydroxylation is 1. The van der Waals surface area contributed by atoms with Crippen molar-refractivity contribution in [3.63, 3.8) is 0 Å². The lowest BCUT2D eigenvalue weighted by Gasteiger charge is -2.16. The minimum absolute atomic E-state index is 0.235. The van der Waals surface area contributed by atoms with Crippen LogP contribution in [0.5, 0.6) is 0 Å². The van der Waals surface area contributed by atoms with E-state index < -0.39 is 0 Å². The summed E-state index contributed by atoms with van der Waals surface area (Å²) in [6.45, 7) is 0.500. The van der Waals surface area contributed by atoms with Crippen molar-refractivity contribution in [1.29, 1.82) is 0 Å². The number of nitrogens with one attached hydrogen (secondary N) is 2. The molecular weight excluding hydrogens is 388 g/mol. The van der Waals surface area contributed by atoms with E-state index in [0.717, 1.165) is 23.8 Å². The number of H-pyrrole nitrogens is 1. The van der Waals surface area contributed by atoms with E-state index in [4.69, 9.17) is 0 Å². The molecule has 1 fully saturated rings. The highest BCUT2D eigenvalue weighted by atomic mass is 32.2. The number of hydrogen-bond acceptors (Lipinski definition) is 6. The van der Waals surface area contributed by atoms with E-state index in [-0.39, 0.29) is 17.2 Å². The third kappa shape index (κ3) is 4.05. The van der Waals surface area contributed by atoms with Gasteiger partial charge in [-0.2, -0.15) is 5.10 Å². The second-order valence-corrected chi connectivity index (χ2v) is 7.99. The number of carbonyl (C=O) groups is 1. The second-order valence-electron chi connectivity index (χ2n) is 7.22. The molecule has 0 saturated heterocycles. The molecule has 8 nitrogen and oxygen atoms in total. The van der Waals surface area contributed by atoms with Crippen LogP contribution in [0.15, 0.2) is 34.2 Å². The second kappa shape index (κ2) is 8.77. The van der Waals surface area contributed by atoms with Crippen molar-refractivity contribution < 1.29 is 4.79 Å². The molecule has 0 radical (unpaired) electrons. The molecule has 0 spiro atoms. The first kappa shape index (κ1) is 19.6. The summed E-state index contributed by atoms with van der Waals surface area (Å²) in [7, 11) is 0. The molecule has 0 bridgehead atoms. The summed E-state index contributed by atoms with van der Waals surface area (Å²) in [5, 5.41) is 19.9. The summed E-state index contributed by atoms with van der Waals surface area (Å²) in [5.41, 5.74) is -0.0630. The molecule has 0 unspecified atom stereocenters. The molecule has 1 saturated carbocycles. The first-order valence-electron chi connectivity index (χ1n) is 9.92. The first-order valence-corrected chi connectivity index (χ1v) is 11.1. The largest absolute Gasteiger partial charge is 0.351 e. The van der Waals surface area contributed by atoms with Gasteiger partial charge in [0.15, 0.2) is 10.9 Å². The van der Waals surface area contributed by atoms with Crippen molar-refractivity contribution >= 4 is 28.4 Å². The molecule has 4 rings (SSSR count). The molecule has 0 atom stereocenters. The van der Waals surface area contributed by atoms with E-state index in [2.05, 4.69) is 30.3 Å². The van der Waals surface area contributed by atoms with E-state index in [0.29, 0.717) is 23.4 Å². The van der Waals surface area contributed by atoms with Crippen LogP contribution in [0.1, 0.15) is 54.5 Å². The van der Waals surface area contributed by atoms with Gasteiger partial charge in [-0.3, -0.25) is 9.59 Å². The fraction of sp³-hybridized carbons (Fsp3) is 0.450. The first-order chi connectivity index (χ1) is 14.2. The van der Waals surface area contributed by atoms with Crippen molar-refractivity contribution in [3.8, 4) is 0 Å². The maximum Gasteiger partial charge on any atom is 0.272 e. The van der Waals surface area contributed by atoms with Crippen molar-refractivity contribution in [2.24, 2.45) is 0 Å². The van der Waals surface area contributed by atoms with Crippen molar-refractivity contribution in [2.75, 3.05) is 12.8 Å². The Hall–Kier alpha value is -2.68. The van der Waals surface area contributed by atoms with E-state index in [1.807, 2.05) is 6.26 Å². The van der Waals surface area contributed by atoms with Crippen molar-refractivity contribution in [3.05, 3.63) is 46.1 Å². The Balaban J connectivity index is 1.39. The molecule has 1 aliphatic rings. The summed E-state index contributed by atoms with van der Waals surface area (Å²) in [5.74, 6) is 0.697. The van der Waals surface area contributed by atoms with Gasteiger partial charge in [0.2, 0.25) is 0 Å². The number of rotatable bonds is 7. The Labute approximate surface area is 172 Å². The number of nitrogens with zero attached hydrogens (tertiary/aromatic N) is 4. The Morgan fingerprint density at radius 2 is 2.00 bits per heavy atom. The van der Waals surface area contributed by atoms with Crippen LogP contribution in [-0.4, -0.2) is 43.7 Å². The average Bonchev–Trinajstić information content (AvgIpc) is 3.40. The van der Waals surface area contributed by atoms with Gasteiger partial charge in [-0.05, 0) is 31.6 Å². The Kier molecular flexibility index (Phi) is 5.94. The van der Waals surface area contributed by atoms with E-state index >= 15 is 0 Å². The zero-order valence-electron chi connectivity index (χ0n) is 16.4. The predicted molar refractivity (Wildman–Crippen MR) is 112 cm³/mol. The highest BCUT2D eigenvalue weighted by Crippen LogP contribution is 2.33. The SMILES string of the molecule is CSc1nnc(CCCNC(=O)c2n[nH]c(=O)c3ccccc23)n1C1CCCC1. The standard InChI is InChI=1S/C20H24N6O2S/c1-29-20-25-22-16(26(20)13-7-2-3-8-13)11-6-12-21-19(28)17-14-9-4-5-10-15(14)18(27)24-23-17/h4-5,9-10,13H,2-3,6-8,11-12H2,1H3,(H,21,28)(H,24,27). The molecule has 152 valence electrons. The third-order valence-electron chi connectivity index (χ3n) is 5.38. The topological polar surface area (TPSA) is 106 Å². The lowest BCUT2D eigenvalue weighted by molar-refractivity contribution is 0.0949.